The van der Waals surface area contributed by atoms with Gasteiger partial charge in [-0.2, -0.15) is 0 Å². The molecule has 3 rings (SSSR count). The first-order chi connectivity index (χ1) is 11.4. The highest BCUT2D eigenvalue weighted by Gasteiger charge is 2.36. The molecule has 0 fully saturated rings. The first-order valence-electron chi connectivity index (χ1n) is 8.51. The van der Waals surface area contributed by atoms with Gasteiger partial charge in [0.25, 0.3) is 0 Å². The number of carbonyl (C=O) groups is 1. The summed E-state index contributed by atoms with van der Waals surface area (Å²) < 4.78 is 6.32. The van der Waals surface area contributed by atoms with Gasteiger partial charge in [-0.15, -0.1) is 12.8 Å². The lowest BCUT2D eigenvalue weighted by molar-refractivity contribution is -0.138. The zero-order chi connectivity index (χ0) is 17.9. The molecule has 0 bridgehead atoms. The second kappa shape index (κ2) is 7.17. The van der Waals surface area contributed by atoms with Gasteiger partial charge in [0.1, 0.15) is 17.1 Å². The third-order valence-corrected chi connectivity index (χ3v) is 5.18. The van der Waals surface area contributed by atoms with E-state index in [-0.39, 0.29) is 6.42 Å². The summed E-state index contributed by atoms with van der Waals surface area (Å²) in [4.78, 5) is 10.9. The predicted octanol–water partition coefficient (Wildman–Crippen LogP) is 4.03. The third kappa shape index (κ3) is 3.51. The van der Waals surface area contributed by atoms with Crippen LogP contribution in [0, 0.1) is 12.8 Å². The van der Waals surface area contributed by atoms with Crippen molar-refractivity contribution in [3.05, 3.63) is 22.8 Å². The third-order valence-electron chi connectivity index (χ3n) is 5.18. The van der Waals surface area contributed by atoms with E-state index in [2.05, 4.69) is 19.8 Å². The van der Waals surface area contributed by atoms with Gasteiger partial charge in [-0.25, -0.2) is 0 Å². The van der Waals surface area contributed by atoms with Crippen molar-refractivity contribution in [1.29, 1.82) is 0 Å². The number of fused-ring (bicyclic) bond motifs is 3. The zero-order valence-corrected chi connectivity index (χ0v) is 14.5. The van der Waals surface area contributed by atoms with Gasteiger partial charge in [-0.3, -0.25) is 4.79 Å². The Morgan fingerprint density at radius 3 is 2.79 bits per heavy atom. The molecule has 0 aromatic heterocycles. The molecule has 4 heteroatoms. The fourth-order valence-corrected chi connectivity index (χ4v) is 3.83. The lowest BCUT2D eigenvalue weighted by Gasteiger charge is -2.39. The number of hydrogen-bond acceptors (Lipinski definition) is 3. The van der Waals surface area contributed by atoms with Gasteiger partial charge in [0.2, 0.25) is 0 Å². The number of rotatable bonds is 3. The molecule has 0 amide bonds. The Hall–Kier alpha value is -2.15. The largest absolute Gasteiger partial charge is 0.508 e. The van der Waals surface area contributed by atoms with Crippen LogP contribution in [-0.2, 0) is 17.6 Å². The van der Waals surface area contributed by atoms with Crippen molar-refractivity contribution >= 4 is 5.97 Å². The van der Waals surface area contributed by atoms with Crippen LogP contribution in [0.25, 0.3) is 0 Å². The van der Waals surface area contributed by atoms with Gasteiger partial charge in [0.15, 0.2) is 0 Å². The van der Waals surface area contributed by atoms with Crippen LogP contribution in [0.1, 0.15) is 68.6 Å². The molecule has 130 valence electrons. The molecular weight excluding hydrogens is 304 g/mol. The maximum Gasteiger partial charge on any atom is 0.303 e. The van der Waals surface area contributed by atoms with Crippen LogP contribution in [-0.4, -0.2) is 21.8 Å². The maximum atomic E-state index is 10.9. The number of phenolic OH excluding ortho intramolecular Hbond substituents is 1. The molecule has 1 aromatic rings. The zero-order valence-electron chi connectivity index (χ0n) is 14.5. The van der Waals surface area contributed by atoms with E-state index in [0.29, 0.717) is 18.1 Å². The number of carboxylic acid groups (broad SMARTS) is 1. The summed E-state index contributed by atoms with van der Waals surface area (Å²) in [7, 11) is 0. The van der Waals surface area contributed by atoms with Gasteiger partial charge in [-0.05, 0) is 63.0 Å². The first-order valence-corrected chi connectivity index (χ1v) is 8.51. The van der Waals surface area contributed by atoms with E-state index in [9.17, 15) is 9.90 Å². The van der Waals surface area contributed by atoms with Crippen LogP contribution in [0.3, 0.4) is 0 Å². The summed E-state index contributed by atoms with van der Waals surface area (Å²) in [5.41, 5.74) is 2.83. The van der Waals surface area contributed by atoms with E-state index < -0.39 is 11.6 Å². The van der Waals surface area contributed by atoms with Crippen molar-refractivity contribution < 1.29 is 19.7 Å². The average Bonchev–Trinajstić information content (AvgIpc) is 2.56. The number of phenols is 1. The number of hydrogen-bond donors (Lipinski definition) is 2. The highest BCUT2D eigenvalue weighted by Crippen LogP contribution is 2.48. The summed E-state index contributed by atoms with van der Waals surface area (Å²) in [5, 5.41) is 19.2. The average molecular weight is 330 g/mol. The summed E-state index contributed by atoms with van der Waals surface area (Å²) in [5.74, 6) is 0.917. The number of aromatic hydroxyl groups is 1. The minimum atomic E-state index is -0.781. The Bertz CT molecular complexity index is 647. The SMILES string of the molecule is C#C.C[C@@H]1CCCc2c(O)cc3c(c21)O[C@@](C)(CCC(=O)O)CC3. The number of ether oxygens (including phenoxy) is 1. The molecule has 1 heterocycles. The van der Waals surface area contributed by atoms with Crippen molar-refractivity contribution in [3.8, 4) is 24.3 Å². The van der Waals surface area contributed by atoms with Gasteiger partial charge < -0.3 is 14.9 Å². The molecule has 1 aliphatic carbocycles. The molecule has 2 N–H and O–H groups in total. The van der Waals surface area contributed by atoms with E-state index in [1.807, 2.05) is 13.0 Å². The van der Waals surface area contributed by atoms with Crippen LogP contribution in [0.2, 0.25) is 0 Å². The van der Waals surface area contributed by atoms with E-state index in [0.717, 1.165) is 54.5 Å². The van der Waals surface area contributed by atoms with Crippen molar-refractivity contribution in [3.63, 3.8) is 0 Å². The van der Waals surface area contributed by atoms with Crippen LogP contribution in [0.5, 0.6) is 11.5 Å². The predicted molar refractivity (Wildman–Crippen MR) is 93.6 cm³/mol. The Balaban J connectivity index is 0.00000100. The number of carboxylic acids is 1. The summed E-state index contributed by atoms with van der Waals surface area (Å²) in [6.07, 6.45) is 13.4. The Morgan fingerprint density at radius 1 is 1.42 bits per heavy atom. The van der Waals surface area contributed by atoms with E-state index in [1.54, 1.807) is 0 Å². The Kier molecular flexibility index (Phi) is 5.43. The molecule has 24 heavy (non-hydrogen) atoms. The molecular formula is C20H26O4. The Labute approximate surface area is 143 Å². The number of terminal acetylenes is 1. The molecule has 1 aliphatic heterocycles. The van der Waals surface area contributed by atoms with E-state index in [4.69, 9.17) is 9.84 Å². The smallest absolute Gasteiger partial charge is 0.303 e. The van der Waals surface area contributed by atoms with Crippen LogP contribution >= 0.6 is 0 Å². The fraction of sp³-hybridized carbons (Fsp3) is 0.550. The van der Waals surface area contributed by atoms with Gasteiger partial charge in [-0.1, -0.05) is 6.92 Å². The standard InChI is InChI=1S/C18H24O4.C2H2/c1-11-4-3-5-13-14(19)10-12-6-8-18(2,9-7-15(20)21)22-17(12)16(11)13;1-2/h10-11,19H,3-9H2,1-2H3,(H,20,21);1-2H/t11-,18-;/m1./s1. The normalized spacial score (nSPS) is 24.6. The molecule has 4 nitrogen and oxygen atoms in total. The molecule has 0 spiro atoms. The summed E-state index contributed by atoms with van der Waals surface area (Å²) >= 11 is 0. The van der Waals surface area contributed by atoms with Gasteiger partial charge >= 0.3 is 5.97 Å². The molecule has 0 unspecified atom stereocenters. The summed E-state index contributed by atoms with van der Waals surface area (Å²) in [6.45, 7) is 4.19. The fourth-order valence-electron chi connectivity index (χ4n) is 3.83. The Morgan fingerprint density at radius 2 is 2.12 bits per heavy atom. The molecule has 0 saturated heterocycles. The second-order valence-electron chi connectivity index (χ2n) is 7.02. The van der Waals surface area contributed by atoms with Gasteiger partial charge in [0, 0.05) is 17.5 Å². The highest BCUT2D eigenvalue weighted by atomic mass is 16.5. The van der Waals surface area contributed by atoms with Gasteiger partial charge in [0.05, 0.1) is 0 Å². The van der Waals surface area contributed by atoms with Crippen molar-refractivity contribution in [2.24, 2.45) is 0 Å². The topological polar surface area (TPSA) is 66.8 Å². The van der Waals surface area contributed by atoms with Crippen molar-refractivity contribution in [1.82, 2.24) is 0 Å². The molecule has 0 saturated carbocycles. The van der Waals surface area contributed by atoms with E-state index in [1.165, 1.54) is 0 Å². The number of aryl methyl sites for hydroxylation is 1. The van der Waals surface area contributed by atoms with Crippen LogP contribution < -0.4 is 4.74 Å². The number of benzene rings is 1. The highest BCUT2D eigenvalue weighted by molar-refractivity contribution is 5.66. The number of aliphatic carboxylic acids is 1. The first kappa shape index (κ1) is 18.2. The quantitative estimate of drug-likeness (QED) is 0.821. The minimum Gasteiger partial charge on any atom is -0.508 e. The van der Waals surface area contributed by atoms with Crippen LogP contribution in [0.4, 0.5) is 0 Å². The molecule has 2 atom stereocenters. The van der Waals surface area contributed by atoms with E-state index >= 15 is 0 Å². The minimum absolute atomic E-state index is 0.127. The molecule has 1 aromatic carbocycles. The lowest BCUT2D eigenvalue weighted by atomic mass is 9.79. The molecule has 2 aliphatic rings. The summed E-state index contributed by atoms with van der Waals surface area (Å²) in [6, 6.07) is 1.85. The maximum absolute atomic E-state index is 10.9. The second-order valence-corrected chi connectivity index (χ2v) is 7.02. The monoisotopic (exact) mass is 330 g/mol. The molecule has 0 radical (unpaired) electrons. The van der Waals surface area contributed by atoms with Crippen molar-refractivity contribution in [2.75, 3.05) is 0 Å². The van der Waals surface area contributed by atoms with Crippen molar-refractivity contribution in [2.45, 2.75) is 70.3 Å². The lowest BCUT2D eigenvalue weighted by Crippen LogP contribution is -2.37. The van der Waals surface area contributed by atoms with Crippen LogP contribution in [0.15, 0.2) is 6.07 Å².